The number of Topliss-reactive ketones (excluding diaryl/α,β-unsaturated/α-hetero) is 1. The van der Waals surface area contributed by atoms with Crippen molar-refractivity contribution in [3.05, 3.63) is 0 Å². The molecule has 17 heavy (non-hydrogen) atoms. The summed E-state index contributed by atoms with van der Waals surface area (Å²) in [5, 5.41) is 0. The van der Waals surface area contributed by atoms with Gasteiger partial charge in [-0.1, -0.05) is 27.7 Å². The lowest BCUT2D eigenvalue weighted by atomic mass is 9.85. The Morgan fingerprint density at radius 2 is 1.47 bits per heavy atom. The highest BCUT2D eigenvalue weighted by Gasteiger charge is 2.25. The Morgan fingerprint density at radius 3 is 1.82 bits per heavy atom. The zero-order valence-corrected chi connectivity index (χ0v) is 12.2. The van der Waals surface area contributed by atoms with Crippen LogP contribution in [0.15, 0.2) is 0 Å². The number of esters is 1. The van der Waals surface area contributed by atoms with E-state index < -0.39 is 5.60 Å². The van der Waals surface area contributed by atoms with Crippen molar-refractivity contribution in [3.63, 3.8) is 0 Å². The summed E-state index contributed by atoms with van der Waals surface area (Å²) in [6.07, 6.45) is 0.738. The molecule has 0 aromatic heterocycles. The number of ether oxygens (including phenoxy) is 1. The van der Waals surface area contributed by atoms with E-state index in [0.29, 0.717) is 12.8 Å². The fourth-order valence-corrected chi connectivity index (χ4v) is 1.36. The average Bonchev–Trinajstić information content (AvgIpc) is 1.96. The van der Waals surface area contributed by atoms with Gasteiger partial charge >= 0.3 is 5.97 Å². The molecule has 0 unspecified atom stereocenters. The molecule has 0 heterocycles. The lowest BCUT2D eigenvalue weighted by Crippen LogP contribution is -2.27. The minimum atomic E-state index is -0.454. The van der Waals surface area contributed by atoms with Crippen molar-refractivity contribution in [2.45, 2.75) is 66.9 Å². The van der Waals surface area contributed by atoms with Crippen LogP contribution in [0.1, 0.15) is 61.3 Å². The van der Waals surface area contributed by atoms with E-state index in [9.17, 15) is 9.59 Å². The second-order valence-electron chi connectivity index (χ2n) is 6.77. The van der Waals surface area contributed by atoms with Gasteiger partial charge in [0.25, 0.3) is 0 Å². The number of hydrogen-bond acceptors (Lipinski definition) is 3. The van der Waals surface area contributed by atoms with Crippen LogP contribution in [-0.4, -0.2) is 17.4 Å². The van der Waals surface area contributed by atoms with Gasteiger partial charge < -0.3 is 4.74 Å². The Bertz CT molecular complexity index is 279. The largest absolute Gasteiger partial charge is 0.460 e. The van der Waals surface area contributed by atoms with E-state index in [1.807, 2.05) is 48.5 Å². The van der Waals surface area contributed by atoms with E-state index in [0.717, 1.165) is 0 Å². The van der Waals surface area contributed by atoms with Gasteiger partial charge in [-0.2, -0.15) is 0 Å². The molecule has 0 amide bonds. The van der Waals surface area contributed by atoms with Gasteiger partial charge in [-0.3, -0.25) is 9.59 Å². The van der Waals surface area contributed by atoms with Gasteiger partial charge in [0, 0.05) is 18.3 Å². The first kappa shape index (κ1) is 16.1. The third-order valence-electron chi connectivity index (χ3n) is 2.31. The maximum Gasteiger partial charge on any atom is 0.306 e. The molecule has 0 fully saturated rings. The Hall–Kier alpha value is -0.860. The summed E-state index contributed by atoms with van der Waals surface area (Å²) in [4.78, 5) is 23.4. The van der Waals surface area contributed by atoms with Crippen LogP contribution in [0.4, 0.5) is 0 Å². The Balaban J connectivity index is 4.16. The zero-order chi connectivity index (χ0) is 13.9. The minimum absolute atomic E-state index is 0.0385. The van der Waals surface area contributed by atoms with Crippen LogP contribution in [-0.2, 0) is 14.3 Å². The Kier molecular flexibility index (Phi) is 5.37. The van der Waals surface area contributed by atoms with Crippen LogP contribution in [0.3, 0.4) is 0 Å². The topological polar surface area (TPSA) is 43.4 Å². The van der Waals surface area contributed by atoms with Crippen molar-refractivity contribution in [2.75, 3.05) is 0 Å². The van der Waals surface area contributed by atoms with Gasteiger partial charge in [0.1, 0.15) is 11.4 Å². The molecule has 0 radical (unpaired) electrons. The maximum atomic E-state index is 11.8. The molecule has 0 saturated carbocycles. The van der Waals surface area contributed by atoms with Crippen LogP contribution in [0.25, 0.3) is 0 Å². The fourth-order valence-electron chi connectivity index (χ4n) is 1.36. The summed E-state index contributed by atoms with van der Waals surface area (Å²) in [6, 6.07) is 0. The highest BCUT2D eigenvalue weighted by atomic mass is 16.6. The molecule has 0 aliphatic heterocycles. The monoisotopic (exact) mass is 242 g/mol. The molecular formula is C14H26O3. The highest BCUT2D eigenvalue weighted by Crippen LogP contribution is 2.22. The molecule has 0 bridgehead atoms. The van der Waals surface area contributed by atoms with Crippen molar-refractivity contribution in [3.8, 4) is 0 Å². The van der Waals surface area contributed by atoms with Crippen molar-refractivity contribution in [1.82, 2.24) is 0 Å². The number of rotatable bonds is 4. The van der Waals surface area contributed by atoms with Gasteiger partial charge in [-0.15, -0.1) is 0 Å². The lowest BCUT2D eigenvalue weighted by Gasteiger charge is -2.22. The summed E-state index contributed by atoms with van der Waals surface area (Å²) in [7, 11) is 0. The lowest BCUT2D eigenvalue weighted by molar-refractivity contribution is -0.155. The standard InChI is InChI=1S/C14H26O3/c1-10(8-11(15)13(2,3)4)9-12(16)17-14(5,6)7/h10H,8-9H2,1-7H3/t10-/m1/s1. The first-order valence-electron chi connectivity index (χ1n) is 6.17. The van der Waals surface area contributed by atoms with Crippen molar-refractivity contribution in [1.29, 1.82) is 0 Å². The second kappa shape index (κ2) is 5.65. The van der Waals surface area contributed by atoms with Crippen LogP contribution in [0.5, 0.6) is 0 Å². The van der Waals surface area contributed by atoms with Crippen LogP contribution in [0.2, 0.25) is 0 Å². The number of ketones is 1. The minimum Gasteiger partial charge on any atom is -0.460 e. The first-order chi connectivity index (χ1) is 7.42. The molecule has 0 aliphatic rings. The van der Waals surface area contributed by atoms with E-state index in [-0.39, 0.29) is 23.1 Å². The summed E-state index contributed by atoms with van der Waals surface area (Å²) in [5.41, 5.74) is -0.785. The summed E-state index contributed by atoms with van der Waals surface area (Å²) in [6.45, 7) is 13.1. The molecule has 3 nitrogen and oxygen atoms in total. The maximum absolute atomic E-state index is 11.8. The van der Waals surface area contributed by atoms with Crippen molar-refractivity contribution >= 4 is 11.8 Å². The highest BCUT2D eigenvalue weighted by molar-refractivity contribution is 5.84. The molecule has 0 saturated heterocycles. The molecule has 0 aromatic rings. The molecule has 1 atom stereocenters. The van der Waals surface area contributed by atoms with Crippen LogP contribution < -0.4 is 0 Å². The molecule has 0 N–H and O–H groups in total. The first-order valence-corrected chi connectivity index (χ1v) is 6.17. The third kappa shape index (κ3) is 7.94. The van der Waals surface area contributed by atoms with E-state index >= 15 is 0 Å². The van der Waals surface area contributed by atoms with Gasteiger partial charge in [-0.25, -0.2) is 0 Å². The SMILES string of the molecule is C[C@@H](CC(=O)OC(C)(C)C)CC(=O)C(C)(C)C. The van der Waals surface area contributed by atoms with Gasteiger partial charge in [0.05, 0.1) is 0 Å². The Labute approximate surface area is 105 Å². The predicted molar refractivity (Wildman–Crippen MR) is 68.7 cm³/mol. The number of carbonyl (C=O) groups is 2. The summed E-state index contributed by atoms with van der Waals surface area (Å²) < 4.78 is 5.23. The molecule has 100 valence electrons. The third-order valence-corrected chi connectivity index (χ3v) is 2.31. The quantitative estimate of drug-likeness (QED) is 0.710. The van der Waals surface area contributed by atoms with Crippen LogP contribution in [0, 0.1) is 11.3 Å². The van der Waals surface area contributed by atoms with E-state index in [4.69, 9.17) is 4.74 Å². The Morgan fingerprint density at radius 1 is 1.00 bits per heavy atom. The smallest absolute Gasteiger partial charge is 0.306 e. The number of hydrogen-bond donors (Lipinski definition) is 0. The molecule has 0 aromatic carbocycles. The molecule has 0 rings (SSSR count). The van der Waals surface area contributed by atoms with E-state index in [1.165, 1.54) is 0 Å². The summed E-state index contributed by atoms with van der Waals surface area (Å²) >= 11 is 0. The molecule has 3 heteroatoms. The van der Waals surface area contributed by atoms with Crippen molar-refractivity contribution in [2.24, 2.45) is 11.3 Å². The van der Waals surface area contributed by atoms with E-state index in [2.05, 4.69) is 0 Å². The summed E-state index contributed by atoms with van der Waals surface area (Å²) in [5.74, 6) is -0.00292. The van der Waals surface area contributed by atoms with Gasteiger partial charge in [-0.05, 0) is 26.7 Å². The normalized spacial score (nSPS) is 14.3. The van der Waals surface area contributed by atoms with E-state index in [1.54, 1.807) is 0 Å². The predicted octanol–water partition coefficient (Wildman–Crippen LogP) is 3.36. The molecular weight excluding hydrogens is 216 g/mol. The average molecular weight is 242 g/mol. The zero-order valence-electron chi connectivity index (χ0n) is 12.2. The molecule has 0 aliphatic carbocycles. The second-order valence-corrected chi connectivity index (χ2v) is 6.77. The van der Waals surface area contributed by atoms with Crippen molar-refractivity contribution < 1.29 is 14.3 Å². The van der Waals surface area contributed by atoms with Crippen LogP contribution >= 0.6 is 0 Å². The molecule has 0 spiro atoms. The number of carbonyl (C=O) groups excluding carboxylic acids is 2. The van der Waals surface area contributed by atoms with Gasteiger partial charge in [0.15, 0.2) is 0 Å². The van der Waals surface area contributed by atoms with Gasteiger partial charge in [0.2, 0.25) is 0 Å². The fraction of sp³-hybridized carbons (Fsp3) is 0.857.